The minimum absolute atomic E-state index is 0.0701. The zero-order chi connectivity index (χ0) is 13.0. The van der Waals surface area contributed by atoms with Crippen molar-refractivity contribution < 1.29 is 14.3 Å². The third kappa shape index (κ3) is 3.31. The second kappa shape index (κ2) is 5.50. The van der Waals surface area contributed by atoms with Crippen LogP contribution in [0.3, 0.4) is 0 Å². The summed E-state index contributed by atoms with van der Waals surface area (Å²) in [5.41, 5.74) is 0.751. The molecule has 1 aliphatic rings. The predicted octanol–water partition coefficient (Wildman–Crippen LogP) is 1.50. The summed E-state index contributed by atoms with van der Waals surface area (Å²) < 4.78 is 11.2. The van der Waals surface area contributed by atoms with Gasteiger partial charge >= 0.3 is 0 Å². The van der Waals surface area contributed by atoms with E-state index < -0.39 is 0 Å². The van der Waals surface area contributed by atoms with Crippen LogP contribution in [-0.2, 0) is 20.9 Å². The maximum Gasteiger partial charge on any atom is 0.246 e. The Morgan fingerprint density at radius 3 is 2.78 bits per heavy atom. The molecule has 1 unspecified atom stereocenters. The van der Waals surface area contributed by atoms with Crippen molar-refractivity contribution in [3.63, 3.8) is 0 Å². The molecule has 0 spiro atoms. The Balaban J connectivity index is 1.81. The van der Waals surface area contributed by atoms with E-state index in [2.05, 4.69) is 5.32 Å². The maximum absolute atomic E-state index is 11.2. The molecular weight excluding hydrogens is 230 g/mol. The van der Waals surface area contributed by atoms with Crippen molar-refractivity contribution in [1.29, 1.82) is 0 Å². The number of carbonyl (C=O) groups excluding carboxylic acids is 1. The van der Waals surface area contributed by atoms with E-state index in [1.807, 2.05) is 44.2 Å². The number of rotatable bonds is 4. The van der Waals surface area contributed by atoms with Crippen molar-refractivity contribution in [3.8, 4) is 0 Å². The largest absolute Gasteiger partial charge is 0.374 e. The Morgan fingerprint density at radius 1 is 1.39 bits per heavy atom. The van der Waals surface area contributed by atoms with Crippen LogP contribution in [0.25, 0.3) is 0 Å². The summed E-state index contributed by atoms with van der Waals surface area (Å²) in [5, 5.41) is 2.91. The highest BCUT2D eigenvalue weighted by Gasteiger charge is 2.36. The molecule has 1 aromatic rings. The zero-order valence-corrected chi connectivity index (χ0v) is 10.8. The molecule has 1 aliphatic heterocycles. The van der Waals surface area contributed by atoms with Crippen LogP contribution >= 0.6 is 0 Å². The summed E-state index contributed by atoms with van der Waals surface area (Å²) in [4.78, 5) is 11.2. The number of benzene rings is 1. The van der Waals surface area contributed by atoms with Gasteiger partial charge in [-0.1, -0.05) is 30.3 Å². The van der Waals surface area contributed by atoms with E-state index in [1.165, 1.54) is 0 Å². The van der Waals surface area contributed by atoms with Crippen molar-refractivity contribution in [2.75, 3.05) is 13.2 Å². The Bertz CT molecular complexity index is 403. The van der Waals surface area contributed by atoms with Crippen LogP contribution < -0.4 is 5.32 Å². The molecular formula is C14H19NO3. The van der Waals surface area contributed by atoms with Gasteiger partial charge in [0.25, 0.3) is 0 Å². The number of ether oxygens (including phenoxy) is 2. The molecule has 1 atom stereocenters. The molecule has 0 radical (unpaired) electrons. The molecule has 0 aliphatic carbocycles. The summed E-state index contributed by atoms with van der Waals surface area (Å²) in [6.45, 7) is 5.04. The van der Waals surface area contributed by atoms with Crippen molar-refractivity contribution in [3.05, 3.63) is 35.9 Å². The average Bonchev–Trinajstić information content (AvgIpc) is 2.32. The van der Waals surface area contributed by atoms with Crippen LogP contribution in [0.2, 0.25) is 0 Å². The first-order valence-corrected chi connectivity index (χ1v) is 6.12. The SMILES string of the molecule is CC1(C)NC(=O)COC1COCc1ccccc1. The fourth-order valence-electron chi connectivity index (χ4n) is 1.98. The molecule has 0 aromatic heterocycles. The van der Waals surface area contributed by atoms with E-state index in [-0.39, 0.29) is 24.2 Å². The average molecular weight is 249 g/mol. The molecule has 1 fully saturated rings. The Kier molecular flexibility index (Phi) is 3.99. The summed E-state index contributed by atoms with van der Waals surface area (Å²) in [6.07, 6.45) is -0.112. The first-order valence-electron chi connectivity index (χ1n) is 6.12. The lowest BCUT2D eigenvalue weighted by Crippen LogP contribution is -2.60. The van der Waals surface area contributed by atoms with E-state index in [0.29, 0.717) is 13.2 Å². The second-order valence-corrected chi connectivity index (χ2v) is 5.07. The Hall–Kier alpha value is -1.39. The molecule has 4 nitrogen and oxygen atoms in total. The first-order chi connectivity index (χ1) is 8.58. The quantitative estimate of drug-likeness (QED) is 0.879. The van der Waals surface area contributed by atoms with Gasteiger partial charge in [-0.2, -0.15) is 0 Å². The highest BCUT2D eigenvalue weighted by molar-refractivity contribution is 5.78. The molecule has 0 bridgehead atoms. The number of amides is 1. The van der Waals surface area contributed by atoms with Crippen LogP contribution in [0.4, 0.5) is 0 Å². The third-order valence-electron chi connectivity index (χ3n) is 3.06. The minimum Gasteiger partial charge on any atom is -0.374 e. The van der Waals surface area contributed by atoms with Crippen LogP contribution in [0, 0.1) is 0 Å². The molecule has 2 rings (SSSR count). The summed E-state index contributed by atoms with van der Waals surface area (Å²) in [6, 6.07) is 10.00. The smallest absolute Gasteiger partial charge is 0.246 e. The van der Waals surface area contributed by atoms with Gasteiger partial charge in [0.2, 0.25) is 5.91 Å². The fourth-order valence-corrected chi connectivity index (χ4v) is 1.98. The van der Waals surface area contributed by atoms with Gasteiger partial charge in [-0.05, 0) is 19.4 Å². The lowest BCUT2D eigenvalue weighted by Gasteiger charge is -2.38. The maximum atomic E-state index is 11.2. The predicted molar refractivity (Wildman–Crippen MR) is 68.1 cm³/mol. The monoisotopic (exact) mass is 249 g/mol. The molecule has 1 aromatic carbocycles. The summed E-state index contributed by atoms with van der Waals surface area (Å²) in [7, 11) is 0. The van der Waals surface area contributed by atoms with Crippen LogP contribution in [-0.4, -0.2) is 30.8 Å². The standard InChI is InChI=1S/C14H19NO3/c1-14(2)12(18-10-13(16)15-14)9-17-8-11-6-4-3-5-7-11/h3-7,12H,8-10H2,1-2H3,(H,15,16). The van der Waals surface area contributed by atoms with E-state index in [9.17, 15) is 4.79 Å². The van der Waals surface area contributed by atoms with Gasteiger partial charge in [0.1, 0.15) is 12.7 Å². The van der Waals surface area contributed by atoms with E-state index in [1.54, 1.807) is 0 Å². The molecule has 1 amide bonds. The highest BCUT2D eigenvalue weighted by Crippen LogP contribution is 2.17. The molecule has 0 saturated carbocycles. The molecule has 18 heavy (non-hydrogen) atoms. The van der Waals surface area contributed by atoms with Gasteiger partial charge in [0.05, 0.1) is 18.8 Å². The summed E-state index contributed by atoms with van der Waals surface area (Å²) >= 11 is 0. The van der Waals surface area contributed by atoms with Gasteiger partial charge in [-0.25, -0.2) is 0 Å². The highest BCUT2D eigenvalue weighted by atomic mass is 16.5. The third-order valence-corrected chi connectivity index (χ3v) is 3.06. The summed E-state index contributed by atoms with van der Waals surface area (Å²) in [5.74, 6) is -0.0701. The molecule has 1 saturated heterocycles. The van der Waals surface area contributed by atoms with E-state index in [0.717, 1.165) is 5.56 Å². The van der Waals surface area contributed by atoms with Gasteiger partial charge in [0.15, 0.2) is 0 Å². The number of hydrogen-bond acceptors (Lipinski definition) is 3. The number of hydrogen-bond donors (Lipinski definition) is 1. The van der Waals surface area contributed by atoms with Gasteiger partial charge in [-0.3, -0.25) is 4.79 Å². The van der Waals surface area contributed by atoms with Crippen LogP contribution in [0.5, 0.6) is 0 Å². The van der Waals surface area contributed by atoms with E-state index in [4.69, 9.17) is 9.47 Å². The number of morpholine rings is 1. The lowest BCUT2D eigenvalue weighted by atomic mass is 9.96. The van der Waals surface area contributed by atoms with E-state index >= 15 is 0 Å². The van der Waals surface area contributed by atoms with Gasteiger partial charge < -0.3 is 14.8 Å². The molecule has 4 heteroatoms. The van der Waals surface area contributed by atoms with Gasteiger partial charge in [0, 0.05) is 0 Å². The van der Waals surface area contributed by atoms with Crippen molar-refractivity contribution in [2.45, 2.75) is 32.1 Å². The van der Waals surface area contributed by atoms with Crippen molar-refractivity contribution >= 4 is 5.91 Å². The first kappa shape index (κ1) is 13.1. The van der Waals surface area contributed by atoms with Gasteiger partial charge in [-0.15, -0.1) is 0 Å². The van der Waals surface area contributed by atoms with Crippen LogP contribution in [0.1, 0.15) is 19.4 Å². The molecule has 1 N–H and O–H groups in total. The fraction of sp³-hybridized carbons (Fsp3) is 0.500. The van der Waals surface area contributed by atoms with Crippen LogP contribution in [0.15, 0.2) is 30.3 Å². The van der Waals surface area contributed by atoms with Crippen molar-refractivity contribution in [2.24, 2.45) is 0 Å². The minimum atomic E-state index is -0.383. The number of carbonyl (C=O) groups is 1. The van der Waals surface area contributed by atoms with Crippen molar-refractivity contribution in [1.82, 2.24) is 5.32 Å². The molecule has 1 heterocycles. The zero-order valence-electron chi connectivity index (χ0n) is 10.8. The lowest BCUT2D eigenvalue weighted by molar-refractivity contribution is -0.147. The second-order valence-electron chi connectivity index (χ2n) is 5.07. The Labute approximate surface area is 107 Å². The molecule has 98 valence electrons. The topological polar surface area (TPSA) is 47.6 Å². The normalized spacial score (nSPS) is 22.6. The Morgan fingerprint density at radius 2 is 2.11 bits per heavy atom. The number of nitrogens with one attached hydrogen (secondary N) is 1.